The van der Waals surface area contributed by atoms with Crippen molar-refractivity contribution in [2.75, 3.05) is 31.1 Å². The van der Waals surface area contributed by atoms with Crippen molar-refractivity contribution >= 4 is 28.0 Å². The van der Waals surface area contributed by atoms with E-state index in [0.29, 0.717) is 17.8 Å². The number of carbonyl (C=O) groups excluding carboxylic acids is 1. The summed E-state index contributed by atoms with van der Waals surface area (Å²) in [6, 6.07) is 1.81. The summed E-state index contributed by atoms with van der Waals surface area (Å²) < 4.78 is 1.67. The van der Waals surface area contributed by atoms with Crippen LogP contribution >= 0.6 is 11.3 Å². The van der Waals surface area contributed by atoms with Gasteiger partial charge in [-0.3, -0.25) is 4.79 Å². The fraction of sp³-hybridized carbons (Fsp3) is 0.412. The minimum atomic E-state index is 0.0170. The Morgan fingerprint density at radius 1 is 1.20 bits per heavy atom. The number of hydrogen-bond donors (Lipinski definition) is 0. The summed E-state index contributed by atoms with van der Waals surface area (Å²) in [6.45, 7) is 7.01. The van der Waals surface area contributed by atoms with Gasteiger partial charge in [-0.2, -0.15) is 5.10 Å². The lowest BCUT2D eigenvalue weighted by Gasteiger charge is -2.21. The van der Waals surface area contributed by atoms with Crippen molar-refractivity contribution in [3.63, 3.8) is 0 Å². The SMILES string of the molecule is Cc1csc(N2CCCN(C(=O)c3c(C)nn4cccnc34)CC2)n1. The third kappa shape index (κ3) is 2.97. The normalized spacial score (nSPS) is 15.6. The molecule has 0 radical (unpaired) electrons. The van der Waals surface area contributed by atoms with E-state index in [9.17, 15) is 4.79 Å². The Kier molecular flexibility index (Phi) is 4.12. The largest absolute Gasteiger partial charge is 0.346 e. The van der Waals surface area contributed by atoms with Crippen LogP contribution in [0.2, 0.25) is 0 Å². The van der Waals surface area contributed by atoms with Crippen LogP contribution < -0.4 is 4.90 Å². The van der Waals surface area contributed by atoms with E-state index in [1.165, 1.54) is 0 Å². The van der Waals surface area contributed by atoms with Gasteiger partial charge in [0, 0.05) is 44.0 Å². The summed E-state index contributed by atoms with van der Waals surface area (Å²) in [6.07, 6.45) is 4.44. The lowest BCUT2D eigenvalue weighted by molar-refractivity contribution is 0.0768. The zero-order valence-corrected chi connectivity index (χ0v) is 15.2. The molecule has 1 fully saturated rings. The molecule has 0 N–H and O–H groups in total. The minimum Gasteiger partial charge on any atom is -0.346 e. The molecule has 8 heteroatoms. The Hall–Kier alpha value is -2.48. The van der Waals surface area contributed by atoms with Crippen molar-refractivity contribution in [1.82, 2.24) is 24.5 Å². The predicted molar refractivity (Wildman–Crippen MR) is 97.3 cm³/mol. The molecule has 1 saturated heterocycles. The molecule has 0 aliphatic carbocycles. The van der Waals surface area contributed by atoms with Gasteiger partial charge in [0.25, 0.3) is 5.91 Å². The number of carbonyl (C=O) groups is 1. The third-order valence-electron chi connectivity index (χ3n) is 4.44. The molecule has 0 atom stereocenters. The van der Waals surface area contributed by atoms with Gasteiger partial charge in [-0.25, -0.2) is 14.5 Å². The van der Waals surface area contributed by atoms with Crippen molar-refractivity contribution in [1.29, 1.82) is 0 Å². The number of hydrogen-bond acceptors (Lipinski definition) is 6. The summed E-state index contributed by atoms with van der Waals surface area (Å²) in [4.78, 5) is 26.2. The molecule has 4 rings (SSSR count). The monoisotopic (exact) mass is 356 g/mol. The van der Waals surface area contributed by atoms with Crippen molar-refractivity contribution in [2.45, 2.75) is 20.3 Å². The Labute approximate surface area is 149 Å². The van der Waals surface area contributed by atoms with Crippen LogP contribution in [0.15, 0.2) is 23.8 Å². The van der Waals surface area contributed by atoms with E-state index >= 15 is 0 Å². The molecule has 1 aliphatic heterocycles. The number of aryl methyl sites for hydroxylation is 2. The highest BCUT2D eigenvalue weighted by Crippen LogP contribution is 2.22. The lowest BCUT2D eigenvalue weighted by Crippen LogP contribution is -2.35. The second-order valence-corrected chi connectivity index (χ2v) is 7.09. The first-order valence-corrected chi connectivity index (χ1v) is 9.28. The van der Waals surface area contributed by atoms with E-state index in [-0.39, 0.29) is 5.91 Å². The second kappa shape index (κ2) is 6.44. The van der Waals surface area contributed by atoms with Gasteiger partial charge < -0.3 is 9.80 Å². The molecule has 4 heterocycles. The lowest BCUT2D eigenvalue weighted by atomic mass is 10.2. The van der Waals surface area contributed by atoms with Crippen molar-refractivity contribution in [2.24, 2.45) is 0 Å². The number of thiazole rings is 1. The summed E-state index contributed by atoms with van der Waals surface area (Å²) in [5.74, 6) is 0.0170. The highest BCUT2D eigenvalue weighted by Gasteiger charge is 2.26. The van der Waals surface area contributed by atoms with Gasteiger partial charge >= 0.3 is 0 Å². The van der Waals surface area contributed by atoms with Crippen LogP contribution in [0.5, 0.6) is 0 Å². The topological polar surface area (TPSA) is 66.6 Å². The molecule has 1 aliphatic rings. The van der Waals surface area contributed by atoms with Gasteiger partial charge in [-0.1, -0.05) is 0 Å². The summed E-state index contributed by atoms with van der Waals surface area (Å²) in [5, 5.41) is 7.51. The van der Waals surface area contributed by atoms with Crippen LogP contribution in [0.3, 0.4) is 0 Å². The quantitative estimate of drug-likeness (QED) is 0.704. The summed E-state index contributed by atoms with van der Waals surface area (Å²) >= 11 is 1.67. The highest BCUT2D eigenvalue weighted by atomic mass is 32.1. The molecule has 0 saturated carbocycles. The van der Waals surface area contributed by atoms with E-state index in [2.05, 4.69) is 25.3 Å². The Bertz CT molecular complexity index is 917. The van der Waals surface area contributed by atoms with Crippen LogP contribution in [-0.4, -0.2) is 56.6 Å². The standard InChI is InChI=1S/C17H20N6OS/c1-12-11-25-17(19-12)22-7-4-6-21(9-10-22)16(24)14-13(2)20-23-8-3-5-18-15(14)23/h3,5,8,11H,4,6-7,9-10H2,1-2H3. The number of fused-ring (bicyclic) bond motifs is 1. The van der Waals surface area contributed by atoms with Crippen LogP contribution in [0.1, 0.15) is 28.2 Å². The smallest absolute Gasteiger partial charge is 0.259 e. The van der Waals surface area contributed by atoms with Gasteiger partial charge in [0.1, 0.15) is 5.56 Å². The fourth-order valence-corrected chi connectivity index (χ4v) is 4.06. The molecule has 3 aromatic rings. The van der Waals surface area contributed by atoms with Crippen molar-refractivity contribution in [3.05, 3.63) is 40.8 Å². The van der Waals surface area contributed by atoms with Crippen LogP contribution in [0.4, 0.5) is 5.13 Å². The molecule has 0 bridgehead atoms. The highest BCUT2D eigenvalue weighted by molar-refractivity contribution is 7.13. The predicted octanol–water partition coefficient (Wildman–Crippen LogP) is 2.16. The molecule has 130 valence electrons. The molecule has 1 amide bonds. The first kappa shape index (κ1) is 16.0. The molecule has 0 spiro atoms. The van der Waals surface area contributed by atoms with Gasteiger partial charge in [0.05, 0.1) is 11.4 Å². The molecule has 0 aromatic carbocycles. The number of rotatable bonds is 2. The van der Waals surface area contributed by atoms with Crippen molar-refractivity contribution < 1.29 is 4.79 Å². The zero-order valence-electron chi connectivity index (χ0n) is 14.3. The Balaban J connectivity index is 1.55. The van der Waals surface area contributed by atoms with E-state index in [0.717, 1.165) is 42.6 Å². The Morgan fingerprint density at radius 3 is 2.88 bits per heavy atom. The number of anilines is 1. The average Bonchev–Trinajstić information content (AvgIpc) is 3.07. The maximum absolute atomic E-state index is 13.1. The molecule has 3 aromatic heterocycles. The van der Waals surface area contributed by atoms with E-state index in [1.54, 1.807) is 22.0 Å². The average molecular weight is 356 g/mol. The van der Waals surface area contributed by atoms with Crippen LogP contribution in [0, 0.1) is 13.8 Å². The molecule has 25 heavy (non-hydrogen) atoms. The summed E-state index contributed by atoms with van der Waals surface area (Å²) in [7, 11) is 0. The maximum Gasteiger partial charge on any atom is 0.259 e. The molecule has 7 nitrogen and oxygen atoms in total. The second-order valence-electron chi connectivity index (χ2n) is 6.25. The fourth-order valence-electron chi connectivity index (χ4n) is 3.20. The van der Waals surface area contributed by atoms with E-state index in [1.807, 2.05) is 31.0 Å². The van der Waals surface area contributed by atoms with Crippen molar-refractivity contribution in [3.8, 4) is 0 Å². The zero-order chi connectivity index (χ0) is 17.4. The number of aromatic nitrogens is 4. The maximum atomic E-state index is 13.1. The van der Waals surface area contributed by atoms with Crippen LogP contribution in [-0.2, 0) is 0 Å². The summed E-state index contributed by atoms with van der Waals surface area (Å²) in [5.41, 5.74) is 3.01. The van der Waals surface area contributed by atoms with Gasteiger partial charge in [-0.05, 0) is 26.3 Å². The van der Waals surface area contributed by atoms with E-state index in [4.69, 9.17) is 0 Å². The van der Waals surface area contributed by atoms with Gasteiger partial charge in [0.2, 0.25) is 0 Å². The molecular weight excluding hydrogens is 336 g/mol. The van der Waals surface area contributed by atoms with E-state index < -0.39 is 0 Å². The molecule has 0 unspecified atom stereocenters. The molecular formula is C17H20N6OS. The van der Waals surface area contributed by atoms with Gasteiger partial charge in [0.15, 0.2) is 10.8 Å². The Morgan fingerprint density at radius 2 is 2.08 bits per heavy atom. The number of amides is 1. The third-order valence-corrected chi connectivity index (χ3v) is 5.46. The van der Waals surface area contributed by atoms with Crippen LogP contribution in [0.25, 0.3) is 5.65 Å². The van der Waals surface area contributed by atoms with Gasteiger partial charge in [-0.15, -0.1) is 11.3 Å². The first-order valence-electron chi connectivity index (χ1n) is 8.40. The first-order chi connectivity index (χ1) is 12.1. The number of nitrogens with zero attached hydrogens (tertiary/aromatic N) is 6. The minimum absolute atomic E-state index is 0.0170.